The Labute approximate surface area is 117 Å². The molecule has 112 valence electrons. The third kappa shape index (κ3) is 2.57. The van der Waals surface area contributed by atoms with Gasteiger partial charge in [0.25, 0.3) is 0 Å². The lowest BCUT2D eigenvalue weighted by Crippen LogP contribution is -2.42. The molecule has 1 fully saturated rings. The maximum absolute atomic E-state index is 12.6. The number of aromatic nitrogens is 1. The van der Waals surface area contributed by atoms with Crippen molar-refractivity contribution >= 4 is 16.0 Å². The molecule has 1 aromatic heterocycles. The first kappa shape index (κ1) is 15.0. The molecule has 0 spiro atoms. The zero-order chi connectivity index (χ0) is 14.9. The average Bonchev–Trinajstić information content (AvgIpc) is 2.78. The molecular weight excluding hydrogens is 284 g/mol. The highest BCUT2D eigenvalue weighted by Gasteiger charge is 2.36. The van der Waals surface area contributed by atoms with E-state index in [-0.39, 0.29) is 23.2 Å². The van der Waals surface area contributed by atoms with E-state index in [2.05, 4.69) is 5.16 Å². The number of carbonyl (C=O) groups is 1. The van der Waals surface area contributed by atoms with Crippen LogP contribution in [0.5, 0.6) is 0 Å². The Balaban J connectivity index is 2.28. The zero-order valence-electron chi connectivity index (χ0n) is 11.7. The summed E-state index contributed by atoms with van der Waals surface area (Å²) in [7, 11) is -2.38. The van der Waals surface area contributed by atoms with E-state index < -0.39 is 15.9 Å². The highest BCUT2D eigenvalue weighted by Crippen LogP contribution is 2.27. The van der Waals surface area contributed by atoms with Crippen LogP contribution >= 0.6 is 0 Å². The van der Waals surface area contributed by atoms with Gasteiger partial charge >= 0.3 is 5.97 Å². The number of ether oxygens (including phenoxy) is 1. The van der Waals surface area contributed by atoms with Gasteiger partial charge in [0.05, 0.1) is 13.0 Å². The van der Waals surface area contributed by atoms with E-state index in [1.54, 1.807) is 13.8 Å². The van der Waals surface area contributed by atoms with Crippen LogP contribution < -0.4 is 0 Å². The molecule has 1 aliphatic rings. The number of nitrogens with zero attached hydrogens (tertiary/aromatic N) is 2. The monoisotopic (exact) mass is 302 g/mol. The second kappa shape index (κ2) is 5.53. The van der Waals surface area contributed by atoms with Gasteiger partial charge < -0.3 is 9.26 Å². The van der Waals surface area contributed by atoms with E-state index in [1.807, 2.05) is 0 Å². The summed E-state index contributed by atoms with van der Waals surface area (Å²) in [6.45, 7) is 3.68. The zero-order valence-corrected chi connectivity index (χ0v) is 12.6. The van der Waals surface area contributed by atoms with E-state index in [9.17, 15) is 13.2 Å². The molecule has 7 nitrogen and oxygen atoms in total. The Morgan fingerprint density at radius 2 is 2.15 bits per heavy atom. The first-order valence-electron chi connectivity index (χ1n) is 6.38. The lowest BCUT2D eigenvalue weighted by molar-refractivity contribution is -0.146. The molecule has 0 saturated carbocycles. The number of sulfonamides is 1. The Bertz CT molecular complexity index is 588. The van der Waals surface area contributed by atoms with Gasteiger partial charge in [-0.3, -0.25) is 4.79 Å². The molecule has 1 aliphatic heterocycles. The standard InChI is InChI=1S/C12H18N2O5S/c1-8-11(9(2)19-13-8)20(16,17)14-6-4-5-10(7-14)12(15)18-3/h10H,4-7H2,1-3H3. The summed E-state index contributed by atoms with van der Waals surface area (Å²) >= 11 is 0. The fraction of sp³-hybridized carbons (Fsp3) is 0.667. The maximum Gasteiger partial charge on any atom is 0.309 e. The van der Waals surface area contributed by atoms with Crippen molar-refractivity contribution in [2.24, 2.45) is 5.92 Å². The minimum atomic E-state index is -3.69. The first-order chi connectivity index (χ1) is 9.37. The number of piperidine rings is 1. The van der Waals surface area contributed by atoms with Gasteiger partial charge in [0.2, 0.25) is 10.0 Å². The lowest BCUT2D eigenvalue weighted by Gasteiger charge is -2.30. The summed E-state index contributed by atoms with van der Waals surface area (Å²) in [5.41, 5.74) is 0.336. The highest BCUT2D eigenvalue weighted by atomic mass is 32.2. The number of rotatable bonds is 3. The molecule has 1 unspecified atom stereocenters. The van der Waals surface area contributed by atoms with Crippen molar-refractivity contribution in [3.05, 3.63) is 11.5 Å². The van der Waals surface area contributed by atoms with E-state index in [0.29, 0.717) is 25.1 Å². The molecule has 0 amide bonds. The van der Waals surface area contributed by atoms with Crippen molar-refractivity contribution in [3.8, 4) is 0 Å². The van der Waals surface area contributed by atoms with E-state index in [0.717, 1.165) is 0 Å². The Hall–Kier alpha value is -1.41. The average molecular weight is 302 g/mol. The van der Waals surface area contributed by atoms with Gasteiger partial charge in [0.1, 0.15) is 10.6 Å². The van der Waals surface area contributed by atoms with Gasteiger partial charge in [-0.2, -0.15) is 4.31 Å². The largest absolute Gasteiger partial charge is 0.469 e. The minimum absolute atomic E-state index is 0.100. The topological polar surface area (TPSA) is 89.7 Å². The van der Waals surface area contributed by atoms with Gasteiger partial charge in [-0.25, -0.2) is 8.42 Å². The van der Waals surface area contributed by atoms with E-state index in [4.69, 9.17) is 9.26 Å². The van der Waals surface area contributed by atoms with Crippen LogP contribution in [-0.4, -0.2) is 44.0 Å². The van der Waals surface area contributed by atoms with Crippen molar-refractivity contribution in [1.82, 2.24) is 9.46 Å². The number of carbonyl (C=O) groups excluding carboxylic acids is 1. The molecule has 0 aliphatic carbocycles. The number of aryl methyl sites for hydroxylation is 2. The molecule has 0 N–H and O–H groups in total. The molecule has 0 bridgehead atoms. The van der Waals surface area contributed by atoms with Crippen molar-refractivity contribution in [2.45, 2.75) is 31.6 Å². The number of hydrogen-bond donors (Lipinski definition) is 0. The Morgan fingerprint density at radius 1 is 1.45 bits per heavy atom. The summed E-state index contributed by atoms with van der Waals surface area (Å²) in [6.07, 6.45) is 1.27. The summed E-state index contributed by atoms with van der Waals surface area (Å²) in [6, 6.07) is 0. The summed E-state index contributed by atoms with van der Waals surface area (Å²) < 4.78 is 36.2. The molecule has 1 saturated heterocycles. The van der Waals surface area contributed by atoms with Crippen molar-refractivity contribution < 1.29 is 22.5 Å². The van der Waals surface area contributed by atoms with Crippen LogP contribution in [0.25, 0.3) is 0 Å². The van der Waals surface area contributed by atoms with Crippen LogP contribution in [0.4, 0.5) is 0 Å². The van der Waals surface area contributed by atoms with Gasteiger partial charge in [-0.15, -0.1) is 0 Å². The summed E-state index contributed by atoms with van der Waals surface area (Å²) in [5.74, 6) is -0.518. The predicted molar refractivity (Wildman–Crippen MR) is 69.5 cm³/mol. The van der Waals surface area contributed by atoms with E-state index >= 15 is 0 Å². The predicted octanol–water partition coefficient (Wildman–Crippen LogP) is 0.865. The first-order valence-corrected chi connectivity index (χ1v) is 7.82. The highest BCUT2D eigenvalue weighted by molar-refractivity contribution is 7.89. The number of methoxy groups -OCH3 is 1. The summed E-state index contributed by atoms with van der Waals surface area (Å²) in [4.78, 5) is 11.7. The second-order valence-electron chi connectivity index (χ2n) is 4.88. The molecule has 1 aromatic rings. The molecule has 8 heteroatoms. The van der Waals surface area contributed by atoms with Crippen LogP contribution in [0.2, 0.25) is 0 Å². The molecular formula is C12H18N2O5S. The second-order valence-corrected chi connectivity index (χ2v) is 6.75. The van der Waals surface area contributed by atoms with Crippen molar-refractivity contribution in [3.63, 3.8) is 0 Å². The van der Waals surface area contributed by atoms with Crippen LogP contribution in [0, 0.1) is 19.8 Å². The van der Waals surface area contributed by atoms with Crippen molar-refractivity contribution in [2.75, 3.05) is 20.2 Å². The number of hydrogen-bond acceptors (Lipinski definition) is 6. The SMILES string of the molecule is COC(=O)C1CCCN(S(=O)(=O)c2c(C)noc2C)C1. The van der Waals surface area contributed by atoms with Gasteiger partial charge in [0, 0.05) is 13.1 Å². The smallest absolute Gasteiger partial charge is 0.309 e. The summed E-state index contributed by atoms with van der Waals surface area (Å²) in [5, 5.41) is 3.68. The normalized spacial score (nSPS) is 20.9. The van der Waals surface area contributed by atoms with Gasteiger partial charge in [0.15, 0.2) is 5.76 Å². The maximum atomic E-state index is 12.6. The third-order valence-corrected chi connectivity index (χ3v) is 5.59. The van der Waals surface area contributed by atoms with Crippen LogP contribution in [-0.2, 0) is 19.6 Å². The molecule has 0 aromatic carbocycles. The van der Waals surface area contributed by atoms with Crippen LogP contribution in [0.3, 0.4) is 0 Å². The van der Waals surface area contributed by atoms with Crippen LogP contribution in [0.1, 0.15) is 24.3 Å². The lowest BCUT2D eigenvalue weighted by atomic mass is 10.0. The minimum Gasteiger partial charge on any atom is -0.469 e. The quantitative estimate of drug-likeness (QED) is 0.769. The third-order valence-electron chi connectivity index (χ3n) is 3.48. The van der Waals surface area contributed by atoms with Crippen LogP contribution in [0.15, 0.2) is 9.42 Å². The molecule has 20 heavy (non-hydrogen) atoms. The molecule has 0 radical (unpaired) electrons. The number of esters is 1. The Morgan fingerprint density at radius 3 is 2.70 bits per heavy atom. The fourth-order valence-corrected chi connectivity index (χ4v) is 4.31. The van der Waals surface area contributed by atoms with E-state index in [1.165, 1.54) is 11.4 Å². The molecule has 2 heterocycles. The Kier molecular flexibility index (Phi) is 4.14. The van der Waals surface area contributed by atoms with Gasteiger partial charge in [-0.1, -0.05) is 5.16 Å². The molecule has 1 atom stereocenters. The molecule has 2 rings (SSSR count). The van der Waals surface area contributed by atoms with Gasteiger partial charge in [-0.05, 0) is 26.7 Å². The van der Waals surface area contributed by atoms with Crippen molar-refractivity contribution in [1.29, 1.82) is 0 Å². The fourth-order valence-electron chi connectivity index (χ4n) is 2.49.